The first kappa shape index (κ1) is 22.6. The van der Waals surface area contributed by atoms with Crippen LogP contribution in [-0.4, -0.2) is 18.0 Å². The number of ether oxygens (including phenoxy) is 2. The number of thiazole rings is 1. The first-order valence-corrected chi connectivity index (χ1v) is 11.4. The van der Waals surface area contributed by atoms with Gasteiger partial charge in [0.1, 0.15) is 6.61 Å². The first-order valence-electron chi connectivity index (χ1n) is 10.2. The van der Waals surface area contributed by atoms with Crippen LogP contribution in [0.3, 0.4) is 0 Å². The summed E-state index contributed by atoms with van der Waals surface area (Å²) in [6.07, 6.45) is 3.16. The Kier molecular flexibility index (Phi) is 7.40. The number of nitrogens with zero attached hydrogens (tertiary/aromatic N) is 1. The van der Waals surface area contributed by atoms with E-state index in [4.69, 9.17) is 21.1 Å². The SMILES string of the molecule is COc1cc(C=CC(=O)Nc2nc(-c3ccccc3Cl)cs2)ccc1OCc1ccccc1. The molecule has 166 valence electrons. The van der Waals surface area contributed by atoms with Crippen molar-refractivity contribution in [2.45, 2.75) is 6.61 Å². The quantitative estimate of drug-likeness (QED) is 0.287. The molecule has 0 saturated carbocycles. The zero-order valence-corrected chi connectivity index (χ0v) is 19.4. The van der Waals surface area contributed by atoms with Crippen LogP contribution in [0, 0.1) is 0 Å². The Morgan fingerprint density at radius 3 is 2.64 bits per heavy atom. The molecule has 0 radical (unpaired) electrons. The molecular formula is C26H21ClN2O3S. The van der Waals surface area contributed by atoms with Crippen LogP contribution in [0.1, 0.15) is 11.1 Å². The van der Waals surface area contributed by atoms with Crippen molar-refractivity contribution < 1.29 is 14.3 Å². The number of rotatable bonds is 8. The zero-order valence-electron chi connectivity index (χ0n) is 17.8. The molecule has 0 aliphatic carbocycles. The molecule has 0 saturated heterocycles. The molecule has 0 unspecified atom stereocenters. The maximum absolute atomic E-state index is 12.4. The number of aromatic nitrogens is 1. The highest BCUT2D eigenvalue weighted by molar-refractivity contribution is 7.14. The molecule has 33 heavy (non-hydrogen) atoms. The third-order valence-electron chi connectivity index (χ3n) is 4.74. The fourth-order valence-corrected chi connectivity index (χ4v) is 4.03. The number of hydrogen-bond acceptors (Lipinski definition) is 5. The number of carbonyl (C=O) groups excluding carboxylic acids is 1. The van der Waals surface area contributed by atoms with Crippen molar-refractivity contribution in [2.75, 3.05) is 12.4 Å². The van der Waals surface area contributed by atoms with Gasteiger partial charge < -0.3 is 9.47 Å². The normalized spacial score (nSPS) is 10.8. The Bertz CT molecular complexity index is 1270. The number of anilines is 1. The Morgan fingerprint density at radius 1 is 1.06 bits per heavy atom. The van der Waals surface area contributed by atoms with E-state index in [1.165, 1.54) is 17.4 Å². The van der Waals surface area contributed by atoms with Crippen molar-refractivity contribution in [3.05, 3.63) is 100 Å². The van der Waals surface area contributed by atoms with E-state index in [1.807, 2.05) is 78.2 Å². The largest absolute Gasteiger partial charge is 0.493 e. The fraction of sp³-hybridized carbons (Fsp3) is 0.0769. The second-order valence-corrected chi connectivity index (χ2v) is 8.29. The highest BCUT2D eigenvalue weighted by Crippen LogP contribution is 2.31. The molecule has 1 aromatic heterocycles. The van der Waals surface area contributed by atoms with E-state index >= 15 is 0 Å². The molecule has 0 bridgehead atoms. The number of halogens is 1. The zero-order chi connectivity index (χ0) is 23.0. The molecule has 4 aromatic rings. The monoisotopic (exact) mass is 476 g/mol. The molecule has 1 amide bonds. The summed E-state index contributed by atoms with van der Waals surface area (Å²) in [5.74, 6) is 0.953. The van der Waals surface area contributed by atoms with E-state index in [2.05, 4.69) is 10.3 Å². The van der Waals surface area contributed by atoms with Gasteiger partial charge in [-0.3, -0.25) is 10.1 Å². The molecule has 7 heteroatoms. The number of amides is 1. The summed E-state index contributed by atoms with van der Waals surface area (Å²) >= 11 is 7.57. The third-order valence-corrected chi connectivity index (χ3v) is 5.82. The summed E-state index contributed by atoms with van der Waals surface area (Å²) in [6.45, 7) is 0.443. The summed E-state index contributed by atoms with van der Waals surface area (Å²) in [6, 6.07) is 22.9. The van der Waals surface area contributed by atoms with Gasteiger partial charge in [-0.1, -0.05) is 66.2 Å². The van der Waals surface area contributed by atoms with Crippen molar-refractivity contribution in [3.63, 3.8) is 0 Å². The average molecular weight is 477 g/mol. The summed E-state index contributed by atoms with van der Waals surface area (Å²) in [4.78, 5) is 16.8. The maximum Gasteiger partial charge on any atom is 0.250 e. The van der Waals surface area contributed by atoms with Gasteiger partial charge in [-0.25, -0.2) is 4.98 Å². The van der Waals surface area contributed by atoms with Gasteiger partial charge in [0.25, 0.3) is 0 Å². The summed E-state index contributed by atoms with van der Waals surface area (Å²) < 4.78 is 11.3. The van der Waals surface area contributed by atoms with E-state index in [9.17, 15) is 4.79 Å². The van der Waals surface area contributed by atoms with Crippen LogP contribution in [0.5, 0.6) is 11.5 Å². The first-order chi connectivity index (χ1) is 16.1. The molecular weight excluding hydrogens is 456 g/mol. The van der Waals surface area contributed by atoms with Crippen LogP contribution < -0.4 is 14.8 Å². The van der Waals surface area contributed by atoms with E-state index in [-0.39, 0.29) is 5.91 Å². The predicted octanol–water partition coefficient (Wildman–Crippen LogP) is 6.70. The second-order valence-electron chi connectivity index (χ2n) is 7.02. The lowest BCUT2D eigenvalue weighted by Gasteiger charge is -2.11. The molecule has 4 rings (SSSR count). The minimum atomic E-state index is -0.279. The molecule has 0 spiro atoms. The minimum absolute atomic E-state index is 0.279. The predicted molar refractivity (Wildman–Crippen MR) is 134 cm³/mol. The van der Waals surface area contributed by atoms with Gasteiger partial charge in [0.15, 0.2) is 16.6 Å². The van der Waals surface area contributed by atoms with Crippen LogP contribution in [0.2, 0.25) is 5.02 Å². The highest BCUT2D eigenvalue weighted by Gasteiger charge is 2.09. The van der Waals surface area contributed by atoms with Crippen LogP contribution in [-0.2, 0) is 11.4 Å². The summed E-state index contributed by atoms with van der Waals surface area (Å²) in [5, 5.41) is 5.76. The Labute approximate surface area is 201 Å². The topological polar surface area (TPSA) is 60.5 Å². The number of carbonyl (C=O) groups is 1. The van der Waals surface area contributed by atoms with Crippen LogP contribution in [0.15, 0.2) is 84.3 Å². The average Bonchev–Trinajstić information content (AvgIpc) is 3.30. The molecule has 3 aromatic carbocycles. The number of nitrogens with one attached hydrogen (secondary N) is 1. The minimum Gasteiger partial charge on any atom is -0.493 e. The lowest BCUT2D eigenvalue weighted by Crippen LogP contribution is -2.07. The van der Waals surface area contributed by atoms with E-state index in [0.717, 1.165) is 22.4 Å². The lowest BCUT2D eigenvalue weighted by molar-refractivity contribution is -0.111. The Hall–Kier alpha value is -3.61. The van der Waals surface area contributed by atoms with Crippen molar-refractivity contribution in [1.82, 2.24) is 4.98 Å². The second kappa shape index (κ2) is 10.8. The van der Waals surface area contributed by atoms with Gasteiger partial charge in [0.2, 0.25) is 5.91 Å². The number of hydrogen-bond donors (Lipinski definition) is 1. The van der Waals surface area contributed by atoms with Gasteiger partial charge in [-0.15, -0.1) is 11.3 Å². The van der Waals surface area contributed by atoms with Crippen LogP contribution in [0.25, 0.3) is 17.3 Å². The molecule has 0 fully saturated rings. The van der Waals surface area contributed by atoms with Gasteiger partial charge in [0.05, 0.1) is 12.8 Å². The van der Waals surface area contributed by atoms with E-state index < -0.39 is 0 Å². The Morgan fingerprint density at radius 2 is 1.85 bits per heavy atom. The van der Waals surface area contributed by atoms with Gasteiger partial charge >= 0.3 is 0 Å². The highest BCUT2D eigenvalue weighted by atomic mass is 35.5. The maximum atomic E-state index is 12.4. The van der Waals surface area contributed by atoms with Gasteiger partial charge in [-0.05, 0) is 35.4 Å². The van der Waals surface area contributed by atoms with Crippen molar-refractivity contribution >= 4 is 40.1 Å². The lowest BCUT2D eigenvalue weighted by atomic mass is 10.2. The van der Waals surface area contributed by atoms with E-state index in [0.29, 0.717) is 28.3 Å². The molecule has 0 aliphatic heterocycles. The van der Waals surface area contributed by atoms with Crippen molar-refractivity contribution in [2.24, 2.45) is 0 Å². The standard InChI is InChI=1S/C26H21ClN2O3S/c1-31-24-15-18(11-13-23(24)32-16-19-7-3-2-4-8-19)12-14-25(30)29-26-28-22(17-33-26)20-9-5-6-10-21(20)27/h2-15,17H,16H2,1H3,(H,28,29,30). The van der Waals surface area contributed by atoms with E-state index in [1.54, 1.807) is 13.2 Å². The molecule has 1 N–H and O–H groups in total. The molecule has 1 heterocycles. The third kappa shape index (κ3) is 6.00. The number of methoxy groups -OCH3 is 1. The van der Waals surface area contributed by atoms with Crippen molar-refractivity contribution in [3.8, 4) is 22.8 Å². The number of benzene rings is 3. The molecule has 0 atom stereocenters. The Balaban J connectivity index is 1.38. The summed E-state index contributed by atoms with van der Waals surface area (Å²) in [7, 11) is 1.59. The molecule has 0 aliphatic rings. The fourth-order valence-electron chi connectivity index (χ4n) is 3.09. The van der Waals surface area contributed by atoms with Gasteiger partial charge in [-0.2, -0.15) is 0 Å². The van der Waals surface area contributed by atoms with Crippen molar-refractivity contribution in [1.29, 1.82) is 0 Å². The van der Waals surface area contributed by atoms with Crippen LogP contribution in [0.4, 0.5) is 5.13 Å². The van der Waals surface area contributed by atoms with Gasteiger partial charge in [0, 0.05) is 22.0 Å². The summed E-state index contributed by atoms with van der Waals surface area (Å²) in [5.41, 5.74) is 3.43. The molecule has 5 nitrogen and oxygen atoms in total. The smallest absolute Gasteiger partial charge is 0.250 e. The van der Waals surface area contributed by atoms with Crippen LogP contribution >= 0.6 is 22.9 Å².